The fraction of sp³-hybridized carbons (Fsp3) is 0.231. The normalized spacial score (nSPS) is 10.4. The topological polar surface area (TPSA) is 79.2 Å². The number of aromatic nitrogens is 3. The van der Waals surface area contributed by atoms with Crippen molar-refractivity contribution in [2.45, 2.75) is 12.8 Å². The molecule has 1 N–H and O–H groups in total. The molecule has 1 aromatic heterocycles. The lowest BCUT2D eigenvalue weighted by molar-refractivity contribution is -0.137. The summed E-state index contributed by atoms with van der Waals surface area (Å²) in [5.74, 6) is -0.564. The van der Waals surface area contributed by atoms with Crippen LogP contribution in [0.5, 0.6) is 0 Å². The van der Waals surface area contributed by atoms with E-state index in [4.69, 9.17) is 28.3 Å². The molecular weight excluding hydrogens is 315 g/mol. The molecule has 2 aromatic rings. The smallest absolute Gasteiger partial charge is 0.303 e. The number of anilines is 2. The zero-order valence-corrected chi connectivity index (χ0v) is 12.4. The number of halogens is 2. The van der Waals surface area contributed by atoms with Crippen LogP contribution in [0.3, 0.4) is 0 Å². The molecule has 0 spiro atoms. The molecule has 6 nitrogen and oxygen atoms in total. The minimum atomic E-state index is -0.852. The van der Waals surface area contributed by atoms with Crippen LogP contribution in [0, 0.1) is 0 Å². The Morgan fingerprint density at radius 1 is 1.10 bits per heavy atom. The van der Waals surface area contributed by atoms with Crippen molar-refractivity contribution in [2.24, 2.45) is 0 Å². The Hall–Kier alpha value is -1.92. The highest BCUT2D eigenvalue weighted by atomic mass is 35.5. The van der Waals surface area contributed by atoms with Crippen LogP contribution in [0.2, 0.25) is 10.6 Å². The molecule has 0 aliphatic rings. The standard InChI is InChI=1S/C13H12Cl2N4O2/c14-11-16-12(15)18-13(17-11)19(8-4-7-10(20)21)9-5-2-1-3-6-9/h1-3,5-6H,4,7-8H2,(H,20,21). The lowest BCUT2D eigenvalue weighted by Crippen LogP contribution is -2.22. The van der Waals surface area contributed by atoms with Crippen LogP contribution < -0.4 is 4.90 Å². The third-order valence-electron chi connectivity index (χ3n) is 2.65. The summed E-state index contributed by atoms with van der Waals surface area (Å²) in [6, 6.07) is 9.35. The molecule has 0 aliphatic carbocycles. The van der Waals surface area contributed by atoms with Crippen molar-refractivity contribution in [3.63, 3.8) is 0 Å². The number of hydrogen-bond donors (Lipinski definition) is 1. The molecule has 1 heterocycles. The maximum Gasteiger partial charge on any atom is 0.303 e. The molecule has 0 amide bonds. The van der Waals surface area contributed by atoms with Crippen molar-refractivity contribution in [3.8, 4) is 0 Å². The van der Waals surface area contributed by atoms with Crippen molar-refractivity contribution >= 4 is 40.8 Å². The van der Waals surface area contributed by atoms with E-state index in [-0.39, 0.29) is 22.9 Å². The van der Waals surface area contributed by atoms with E-state index in [9.17, 15) is 4.79 Å². The molecule has 0 unspecified atom stereocenters. The van der Waals surface area contributed by atoms with Crippen molar-refractivity contribution in [1.82, 2.24) is 15.0 Å². The van der Waals surface area contributed by atoms with Gasteiger partial charge in [0.15, 0.2) is 0 Å². The number of hydrogen-bond acceptors (Lipinski definition) is 5. The van der Waals surface area contributed by atoms with E-state index >= 15 is 0 Å². The van der Waals surface area contributed by atoms with E-state index < -0.39 is 5.97 Å². The largest absolute Gasteiger partial charge is 0.481 e. The number of rotatable bonds is 6. The van der Waals surface area contributed by atoms with Crippen LogP contribution in [0.25, 0.3) is 0 Å². The van der Waals surface area contributed by atoms with Crippen LogP contribution in [0.1, 0.15) is 12.8 Å². The van der Waals surface area contributed by atoms with Gasteiger partial charge in [0.25, 0.3) is 0 Å². The number of carboxylic acid groups (broad SMARTS) is 1. The molecule has 0 aliphatic heterocycles. The minimum Gasteiger partial charge on any atom is -0.481 e. The average molecular weight is 327 g/mol. The van der Waals surface area contributed by atoms with Crippen molar-refractivity contribution in [1.29, 1.82) is 0 Å². The summed E-state index contributed by atoms with van der Waals surface area (Å²) in [5, 5.41) is 8.73. The maximum atomic E-state index is 10.7. The molecule has 2 rings (SSSR count). The molecule has 0 radical (unpaired) electrons. The highest BCUT2D eigenvalue weighted by Gasteiger charge is 2.15. The Morgan fingerprint density at radius 3 is 2.29 bits per heavy atom. The molecule has 0 fully saturated rings. The second kappa shape index (κ2) is 7.19. The fourth-order valence-corrected chi connectivity index (χ4v) is 2.13. The summed E-state index contributed by atoms with van der Waals surface area (Å²) in [4.78, 5) is 24.2. The zero-order chi connectivity index (χ0) is 15.2. The second-order valence-electron chi connectivity index (χ2n) is 4.16. The predicted molar refractivity (Wildman–Crippen MR) is 80.2 cm³/mol. The number of para-hydroxylation sites is 1. The highest BCUT2D eigenvalue weighted by Crippen LogP contribution is 2.24. The Bertz CT molecular complexity index is 605. The van der Waals surface area contributed by atoms with E-state index in [0.29, 0.717) is 13.0 Å². The van der Waals surface area contributed by atoms with E-state index in [0.717, 1.165) is 5.69 Å². The Balaban J connectivity index is 2.28. The van der Waals surface area contributed by atoms with Crippen molar-refractivity contribution in [3.05, 3.63) is 40.9 Å². The molecule has 8 heteroatoms. The number of benzene rings is 1. The first-order chi connectivity index (χ1) is 10.1. The second-order valence-corrected chi connectivity index (χ2v) is 4.83. The zero-order valence-electron chi connectivity index (χ0n) is 10.9. The van der Waals surface area contributed by atoms with Crippen molar-refractivity contribution in [2.75, 3.05) is 11.4 Å². The SMILES string of the molecule is O=C(O)CCCN(c1ccccc1)c1nc(Cl)nc(Cl)n1. The number of carbonyl (C=O) groups is 1. The van der Waals surface area contributed by atoms with Gasteiger partial charge in [-0.2, -0.15) is 15.0 Å². The van der Waals surface area contributed by atoms with Crippen LogP contribution in [-0.4, -0.2) is 32.6 Å². The summed E-state index contributed by atoms with van der Waals surface area (Å²) in [6.07, 6.45) is 0.487. The fourth-order valence-electron chi connectivity index (χ4n) is 1.78. The van der Waals surface area contributed by atoms with Gasteiger partial charge in [0.1, 0.15) is 0 Å². The van der Waals surface area contributed by atoms with Crippen molar-refractivity contribution < 1.29 is 9.90 Å². The Kier molecular flexibility index (Phi) is 5.30. The first kappa shape index (κ1) is 15.5. The van der Waals surface area contributed by atoms with Gasteiger partial charge in [0, 0.05) is 18.7 Å². The number of nitrogens with zero attached hydrogens (tertiary/aromatic N) is 4. The number of aliphatic carboxylic acids is 1. The van der Waals surface area contributed by atoms with E-state index in [2.05, 4.69) is 15.0 Å². The first-order valence-electron chi connectivity index (χ1n) is 6.18. The molecule has 110 valence electrons. The predicted octanol–water partition coefficient (Wildman–Crippen LogP) is 3.18. The first-order valence-corrected chi connectivity index (χ1v) is 6.93. The van der Waals surface area contributed by atoms with Gasteiger partial charge >= 0.3 is 5.97 Å². The minimum absolute atomic E-state index is 0.0100. The lowest BCUT2D eigenvalue weighted by atomic mass is 10.2. The summed E-state index contributed by atoms with van der Waals surface area (Å²) in [5.41, 5.74) is 0.821. The summed E-state index contributed by atoms with van der Waals surface area (Å²) in [6.45, 7) is 0.424. The maximum absolute atomic E-state index is 10.7. The molecule has 0 bridgehead atoms. The molecule has 0 saturated carbocycles. The molecule has 21 heavy (non-hydrogen) atoms. The third kappa shape index (κ3) is 4.54. The molecule has 0 saturated heterocycles. The van der Waals surface area contributed by atoms with Gasteiger partial charge in [-0.3, -0.25) is 4.79 Å². The lowest BCUT2D eigenvalue weighted by Gasteiger charge is -2.22. The van der Waals surface area contributed by atoms with E-state index in [1.165, 1.54) is 0 Å². The van der Waals surface area contributed by atoms with Gasteiger partial charge in [-0.25, -0.2) is 0 Å². The Morgan fingerprint density at radius 2 is 1.71 bits per heavy atom. The monoisotopic (exact) mass is 326 g/mol. The molecular formula is C13H12Cl2N4O2. The van der Waals surface area contributed by atoms with E-state index in [1.54, 1.807) is 4.90 Å². The average Bonchev–Trinajstić information content (AvgIpc) is 2.43. The molecule has 1 aromatic carbocycles. The van der Waals surface area contributed by atoms with E-state index in [1.807, 2.05) is 30.3 Å². The van der Waals surface area contributed by atoms with Gasteiger partial charge in [-0.1, -0.05) is 18.2 Å². The van der Waals surface area contributed by atoms with Gasteiger partial charge in [-0.05, 0) is 41.8 Å². The van der Waals surface area contributed by atoms with Gasteiger partial charge in [0.2, 0.25) is 16.5 Å². The van der Waals surface area contributed by atoms with Crippen LogP contribution in [0.4, 0.5) is 11.6 Å². The summed E-state index contributed by atoms with van der Waals surface area (Å²) >= 11 is 11.6. The van der Waals surface area contributed by atoms with Gasteiger partial charge < -0.3 is 10.0 Å². The quantitative estimate of drug-likeness (QED) is 0.878. The third-order valence-corrected chi connectivity index (χ3v) is 2.99. The highest BCUT2D eigenvalue weighted by molar-refractivity contribution is 6.31. The van der Waals surface area contributed by atoms with Crippen LogP contribution in [0.15, 0.2) is 30.3 Å². The molecule has 0 atom stereocenters. The summed E-state index contributed by atoms with van der Waals surface area (Å²) < 4.78 is 0. The van der Waals surface area contributed by atoms with Gasteiger partial charge in [-0.15, -0.1) is 0 Å². The number of carboxylic acids is 1. The van der Waals surface area contributed by atoms with Crippen LogP contribution >= 0.6 is 23.2 Å². The van der Waals surface area contributed by atoms with Gasteiger partial charge in [0.05, 0.1) is 0 Å². The Labute approximate surface area is 131 Å². The van der Waals surface area contributed by atoms with Crippen LogP contribution in [-0.2, 0) is 4.79 Å². The summed E-state index contributed by atoms with van der Waals surface area (Å²) in [7, 11) is 0.